The van der Waals surface area contributed by atoms with Gasteiger partial charge in [-0.05, 0) is 36.0 Å². The third-order valence-corrected chi connectivity index (χ3v) is 3.71. The topological polar surface area (TPSA) is 96.1 Å². The fourth-order valence-corrected chi connectivity index (χ4v) is 2.55. The van der Waals surface area contributed by atoms with Gasteiger partial charge < -0.3 is 11.5 Å². The molecule has 20 heavy (non-hydrogen) atoms. The number of amides is 1. The van der Waals surface area contributed by atoms with Crippen molar-refractivity contribution in [2.24, 2.45) is 11.1 Å². The van der Waals surface area contributed by atoms with Crippen LogP contribution in [-0.4, -0.2) is 23.9 Å². The van der Waals surface area contributed by atoms with Gasteiger partial charge >= 0.3 is 0 Å². The third-order valence-electron chi connectivity index (χ3n) is 3.71. The molecule has 5 nitrogen and oxygen atoms in total. The normalized spacial score (nSPS) is 15.8. The maximum atomic E-state index is 11.2. The Morgan fingerprint density at radius 1 is 1.45 bits per heavy atom. The Balaban J connectivity index is 2.04. The lowest BCUT2D eigenvalue weighted by Crippen LogP contribution is -2.37. The number of nitrogens with zero attached hydrogens (tertiary/aromatic N) is 2. The lowest BCUT2D eigenvalue weighted by atomic mass is 10.0. The average molecular weight is 272 g/mol. The fraction of sp³-hybridized carbons (Fsp3) is 0.467. The third kappa shape index (κ3) is 3.97. The van der Waals surface area contributed by atoms with Gasteiger partial charge in [0.05, 0.1) is 12.6 Å². The van der Waals surface area contributed by atoms with E-state index in [0.29, 0.717) is 18.7 Å². The molecule has 4 N–H and O–H groups in total. The van der Waals surface area contributed by atoms with Crippen LogP contribution in [-0.2, 0) is 11.3 Å². The van der Waals surface area contributed by atoms with Gasteiger partial charge in [-0.25, -0.2) is 0 Å². The molecule has 0 unspecified atom stereocenters. The van der Waals surface area contributed by atoms with E-state index >= 15 is 0 Å². The van der Waals surface area contributed by atoms with Gasteiger partial charge in [0.2, 0.25) is 5.91 Å². The molecular weight excluding hydrogens is 252 g/mol. The van der Waals surface area contributed by atoms with Crippen molar-refractivity contribution in [3.05, 3.63) is 29.8 Å². The van der Waals surface area contributed by atoms with Gasteiger partial charge in [-0.1, -0.05) is 12.1 Å². The van der Waals surface area contributed by atoms with Crippen LogP contribution in [0.5, 0.6) is 0 Å². The minimum absolute atomic E-state index is 0.0600. The van der Waals surface area contributed by atoms with Crippen molar-refractivity contribution < 1.29 is 4.79 Å². The standard InChI is InChI=1S/C15H20N4O/c16-7-6-15(4-5-15)11-19(10-14(18)20)9-12-2-1-3-13(17)8-12/h1-3,8H,4-6,9-11,17H2,(H2,18,20). The van der Waals surface area contributed by atoms with E-state index in [9.17, 15) is 4.79 Å². The number of anilines is 1. The predicted molar refractivity (Wildman–Crippen MR) is 77.2 cm³/mol. The Labute approximate surface area is 119 Å². The molecule has 1 aromatic rings. The Kier molecular flexibility index (Phi) is 4.26. The minimum Gasteiger partial charge on any atom is -0.399 e. The van der Waals surface area contributed by atoms with Crippen LogP contribution in [0.2, 0.25) is 0 Å². The van der Waals surface area contributed by atoms with E-state index in [1.807, 2.05) is 29.2 Å². The van der Waals surface area contributed by atoms with Gasteiger partial charge in [-0.3, -0.25) is 9.69 Å². The summed E-state index contributed by atoms with van der Waals surface area (Å²) in [6.07, 6.45) is 2.64. The second-order valence-corrected chi connectivity index (χ2v) is 5.69. The van der Waals surface area contributed by atoms with Crippen molar-refractivity contribution >= 4 is 11.6 Å². The SMILES string of the molecule is N#CCC1(CN(CC(N)=O)Cc2cccc(N)c2)CC1. The van der Waals surface area contributed by atoms with Crippen molar-refractivity contribution in [3.8, 4) is 6.07 Å². The number of nitrogens with two attached hydrogens (primary N) is 2. The van der Waals surface area contributed by atoms with Gasteiger partial charge in [0.1, 0.15) is 0 Å². The van der Waals surface area contributed by atoms with Gasteiger partial charge in [0.15, 0.2) is 0 Å². The van der Waals surface area contributed by atoms with E-state index in [-0.39, 0.29) is 17.9 Å². The molecule has 0 aromatic heterocycles. The molecule has 1 aliphatic rings. The number of carbonyl (C=O) groups is 1. The van der Waals surface area contributed by atoms with E-state index in [2.05, 4.69) is 6.07 Å². The number of primary amides is 1. The summed E-state index contributed by atoms with van der Waals surface area (Å²) >= 11 is 0. The number of benzene rings is 1. The van der Waals surface area contributed by atoms with Crippen LogP contribution in [0, 0.1) is 16.7 Å². The summed E-state index contributed by atoms with van der Waals surface area (Å²) in [5.41, 5.74) is 12.9. The monoisotopic (exact) mass is 272 g/mol. The molecule has 1 amide bonds. The summed E-state index contributed by atoms with van der Waals surface area (Å²) in [7, 11) is 0. The first-order chi connectivity index (χ1) is 9.53. The summed E-state index contributed by atoms with van der Waals surface area (Å²) in [4.78, 5) is 13.2. The predicted octanol–water partition coefficient (Wildman–Crippen LogP) is 1.25. The largest absolute Gasteiger partial charge is 0.399 e. The van der Waals surface area contributed by atoms with Crippen LogP contribution in [0.15, 0.2) is 24.3 Å². The minimum atomic E-state index is -0.346. The summed E-state index contributed by atoms with van der Waals surface area (Å²) < 4.78 is 0. The van der Waals surface area contributed by atoms with Crippen LogP contribution in [0.4, 0.5) is 5.69 Å². The summed E-state index contributed by atoms with van der Waals surface area (Å²) in [5, 5.41) is 8.89. The lowest BCUT2D eigenvalue weighted by molar-refractivity contribution is -0.119. The number of carbonyl (C=O) groups excluding carboxylic acids is 1. The van der Waals surface area contributed by atoms with Crippen LogP contribution < -0.4 is 11.5 Å². The van der Waals surface area contributed by atoms with E-state index in [0.717, 1.165) is 24.9 Å². The highest BCUT2D eigenvalue weighted by atomic mass is 16.1. The molecule has 1 aromatic carbocycles. The van der Waals surface area contributed by atoms with Crippen molar-refractivity contribution in [3.63, 3.8) is 0 Å². The molecule has 0 radical (unpaired) electrons. The van der Waals surface area contributed by atoms with Crippen LogP contribution in [0.1, 0.15) is 24.8 Å². The van der Waals surface area contributed by atoms with Crippen molar-refractivity contribution in [1.82, 2.24) is 4.90 Å². The zero-order valence-electron chi connectivity index (χ0n) is 11.5. The molecule has 0 bridgehead atoms. The molecule has 0 saturated heterocycles. The van der Waals surface area contributed by atoms with Crippen LogP contribution in [0.25, 0.3) is 0 Å². The Hall–Kier alpha value is -2.06. The molecular formula is C15H20N4O. The summed E-state index contributed by atoms with van der Waals surface area (Å²) in [6.45, 7) is 1.57. The highest BCUT2D eigenvalue weighted by molar-refractivity contribution is 5.75. The zero-order valence-corrected chi connectivity index (χ0v) is 11.5. The number of nitrogen functional groups attached to an aromatic ring is 1. The summed E-state index contributed by atoms with van der Waals surface area (Å²) in [5.74, 6) is -0.346. The first-order valence-electron chi connectivity index (χ1n) is 6.75. The molecule has 1 aliphatic carbocycles. The average Bonchev–Trinajstić information content (AvgIpc) is 3.08. The Morgan fingerprint density at radius 2 is 2.20 bits per heavy atom. The van der Waals surface area contributed by atoms with Gasteiger partial charge in [0, 0.05) is 25.2 Å². The molecule has 0 spiro atoms. The molecule has 5 heteroatoms. The first-order valence-corrected chi connectivity index (χ1v) is 6.75. The van der Waals surface area contributed by atoms with Gasteiger partial charge in [-0.2, -0.15) is 5.26 Å². The van der Waals surface area contributed by atoms with Crippen LogP contribution >= 0.6 is 0 Å². The number of rotatable bonds is 7. The van der Waals surface area contributed by atoms with E-state index < -0.39 is 0 Å². The second kappa shape index (κ2) is 5.93. The fourth-order valence-electron chi connectivity index (χ4n) is 2.55. The molecule has 106 valence electrons. The number of nitriles is 1. The Bertz CT molecular complexity index is 531. The molecule has 2 rings (SSSR count). The van der Waals surface area contributed by atoms with Crippen molar-refractivity contribution in [2.45, 2.75) is 25.8 Å². The first kappa shape index (κ1) is 14.4. The molecule has 1 saturated carbocycles. The highest BCUT2D eigenvalue weighted by Gasteiger charge is 2.43. The van der Waals surface area contributed by atoms with E-state index in [4.69, 9.17) is 16.7 Å². The second-order valence-electron chi connectivity index (χ2n) is 5.69. The zero-order chi connectivity index (χ0) is 14.6. The molecule has 1 fully saturated rings. The highest BCUT2D eigenvalue weighted by Crippen LogP contribution is 2.49. The van der Waals surface area contributed by atoms with Crippen molar-refractivity contribution in [1.29, 1.82) is 5.26 Å². The van der Waals surface area contributed by atoms with Crippen molar-refractivity contribution in [2.75, 3.05) is 18.8 Å². The molecule has 0 aliphatic heterocycles. The smallest absolute Gasteiger partial charge is 0.231 e. The maximum absolute atomic E-state index is 11.2. The maximum Gasteiger partial charge on any atom is 0.231 e. The quantitative estimate of drug-likeness (QED) is 0.730. The Morgan fingerprint density at radius 3 is 2.75 bits per heavy atom. The molecule has 0 atom stereocenters. The summed E-state index contributed by atoms with van der Waals surface area (Å²) in [6, 6.07) is 9.85. The van der Waals surface area contributed by atoms with Gasteiger partial charge in [-0.15, -0.1) is 0 Å². The molecule has 0 heterocycles. The van der Waals surface area contributed by atoms with E-state index in [1.165, 1.54) is 0 Å². The van der Waals surface area contributed by atoms with Gasteiger partial charge in [0.25, 0.3) is 0 Å². The lowest BCUT2D eigenvalue weighted by Gasteiger charge is -2.25. The number of hydrogen-bond acceptors (Lipinski definition) is 4. The van der Waals surface area contributed by atoms with E-state index in [1.54, 1.807) is 0 Å². The number of hydrogen-bond donors (Lipinski definition) is 2. The van der Waals surface area contributed by atoms with Crippen LogP contribution in [0.3, 0.4) is 0 Å².